The summed E-state index contributed by atoms with van der Waals surface area (Å²) in [6.45, 7) is 7.25. The number of carbonyl (C=O) groups excluding carboxylic acids is 1. The molecule has 0 aromatic heterocycles. The van der Waals surface area contributed by atoms with Crippen molar-refractivity contribution >= 4 is 11.6 Å². The summed E-state index contributed by atoms with van der Waals surface area (Å²) in [5, 5.41) is 3.20. The fourth-order valence-corrected chi connectivity index (χ4v) is 5.33. The summed E-state index contributed by atoms with van der Waals surface area (Å²) in [4.78, 5) is 16.0. The highest BCUT2D eigenvalue weighted by atomic mass is 16.5. The quantitative estimate of drug-likeness (QED) is 0.573. The van der Waals surface area contributed by atoms with Crippen molar-refractivity contribution in [2.75, 3.05) is 25.0 Å². The van der Waals surface area contributed by atoms with Crippen molar-refractivity contribution in [1.29, 1.82) is 0 Å². The van der Waals surface area contributed by atoms with Gasteiger partial charge in [0.05, 0.1) is 5.41 Å². The lowest BCUT2D eigenvalue weighted by molar-refractivity contribution is -0.122. The molecule has 0 bridgehead atoms. The zero-order valence-corrected chi connectivity index (χ0v) is 19.7. The molecular formula is C28H38N2O2. The highest BCUT2D eigenvalue weighted by Gasteiger charge is 2.41. The Kier molecular flexibility index (Phi) is 7.51. The fourth-order valence-electron chi connectivity index (χ4n) is 5.33. The van der Waals surface area contributed by atoms with E-state index < -0.39 is 5.41 Å². The van der Waals surface area contributed by atoms with E-state index in [4.69, 9.17) is 4.74 Å². The molecule has 0 radical (unpaired) electrons. The number of rotatable bonds is 7. The lowest BCUT2D eigenvalue weighted by Gasteiger charge is -2.36. The number of ether oxygens (including phenoxy) is 1. The molecule has 1 aliphatic carbocycles. The number of aryl methyl sites for hydroxylation is 1. The summed E-state index contributed by atoms with van der Waals surface area (Å²) in [5.74, 6) is 0.979. The van der Waals surface area contributed by atoms with Crippen LogP contribution in [0.4, 0.5) is 5.69 Å². The van der Waals surface area contributed by atoms with E-state index in [0.717, 1.165) is 49.2 Å². The van der Waals surface area contributed by atoms with Crippen molar-refractivity contribution in [3.63, 3.8) is 0 Å². The first kappa shape index (κ1) is 22.8. The summed E-state index contributed by atoms with van der Waals surface area (Å²) in [6.07, 6.45) is 9.17. The number of nitrogens with zero attached hydrogens (tertiary/aromatic N) is 1. The molecule has 4 nitrogen and oxygen atoms in total. The van der Waals surface area contributed by atoms with Gasteiger partial charge in [-0.2, -0.15) is 0 Å². The summed E-state index contributed by atoms with van der Waals surface area (Å²) in [7, 11) is 0. The monoisotopic (exact) mass is 434 g/mol. The predicted molar refractivity (Wildman–Crippen MR) is 131 cm³/mol. The van der Waals surface area contributed by atoms with Crippen molar-refractivity contribution in [3.05, 3.63) is 59.7 Å². The van der Waals surface area contributed by atoms with Crippen molar-refractivity contribution in [3.8, 4) is 5.75 Å². The maximum atomic E-state index is 13.5. The molecule has 172 valence electrons. The van der Waals surface area contributed by atoms with Crippen LogP contribution >= 0.6 is 0 Å². The Labute approximate surface area is 193 Å². The zero-order valence-electron chi connectivity index (χ0n) is 19.7. The molecule has 2 aromatic carbocycles. The molecule has 32 heavy (non-hydrogen) atoms. The zero-order chi connectivity index (χ0) is 22.4. The van der Waals surface area contributed by atoms with Crippen LogP contribution in [0.15, 0.2) is 48.5 Å². The van der Waals surface area contributed by atoms with Gasteiger partial charge in [-0.25, -0.2) is 0 Å². The average Bonchev–Trinajstić information content (AvgIpc) is 2.82. The maximum Gasteiger partial charge on any atom is 0.235 e. The van der Waals surface area contributed by atoms with Gasteiger partial charge in [-0.1, -0.05) is 55.5 Å². The Balaban J connectivity index is 1.36. The second-order valence-corrected chi connectivity index (χ2v) is 9.72. The molecule has 1 atom stereocenters. The van der Waals surface area contributed by atoms with E-state index in [0.29, 0.717) is 12.6 Å². The number of hydrogen-bond acceptors (Lipinski definition) is 3. The molecule has 2 aromatic rings. The Morgan fingerprint density at radius 1 is 1.00 bits per heavy atom. The number of carbonyl (C=O) groups is 1. The van der Waals surface area contributed by atoms with Gasteiger partial charge in [0.1, 0.15) is 12.4 Å². The minimum absolute atomic E-state index is 0.119. The normalized spacial score (nSPS) is 21.1. The molecule has 1 N–H and O–H groups in total. The molecule has 1 aliphatic heterocycles. The summed E-state index contributed by atoms with van der Waals surface area (Å²) >= 11 is 0. The number of anilines is 1. The number of amides is 1. The minimum Gasteiger partial charge on any atom is -0.492 e. The predicted octanol–water partition coefficient (Wildman–Crippen LogP) is 6.09. The van der Waals surface area contributed by atoms with Gasteiger partial charge in [-0.05, 0) is 75.9 Å². The molecular weight excluding hydrogens is 396 g/mol. The van der Waals surface area contributed by atoms with Crippen molar-refractivity contribution in [2.24, 2.45) is 0 Å². The molecule has 4 heteroatoms. The van der Waals surface area contributed by atoms with E-state index in [1.807, 2.05) is 24.3 Å². The van der Waals surface area contributed by atoms with E-state index >= 15 is 0 Å². The lowest BCUT2D eigenvalue weighted by atomic mass is 9.68. The Hall–Kier alpha value is -2.33. The van der Waals surface area contributed by atoms with Crippen LogP contribution < -0.4 is 10.1 Å². The Morgan fingerprint density at radius 3 is 2.41 bits per heavy atom. The molecule has 1 unspecified atom stereocenters. The minimum atomic E-state index is -0.424. The van der Waals surface area contributed by atoms with Gasteiger partial charge in [-0.15, -0.1) is 0 Å². The van der Waals surface area contributed by atoms with Crippen LogP contribution in [0.1, 0.15) is 69.4 Å². The van der Waals surface area contributed by atoms with E-state index in [1.165, 1.54) is 37.8 Å². The highest BCUT2D eigenvalue weighted by molar-refractivity contribution is 5.99. The van der Waals surface area contributed by atoms with E-state index in [-0.39, 0.29) is 5.91 Å². The molecule has 1 saturated carbocycles. The first-order valence-electron chi connectivity index (χ1n) is 12.4. The number of nitrogens with one attached hydrogen (secondary N) is 1. The van der Waals surface area contributed by atoms with E-state index in [2.05, 4.69) is 48.3 Å². The standard InChI is InChI=1S/C28H38N2O2/c1-22-9-11-24(12-10-22)28(17-5-3-6-18-28)27(31)29-25-13-15-26(16-14-25)32-21-20-30-19-7-4-8-23(30)2/h9-16,23H,3-8,17-21H2,1-2H3,(H,29,31). The van der Waals surface area contributed by atoms with Crippen molar-refractivity contribution < 1.29 is 9.53 Å². The van der Waals surface area contributed by atoms with Gasteiger partial charge in [0.2, 0.25) is 5.91 Å². The van der Waals surface area contributed by atoms with Crippen LogP contribution in [0, 0.1) is 6.92 Å². The third kappa shape index (κ3) is 5.35. The van der Waals surface area contributed by atoms with Crippen LogP contribution in [0.25, 0.3) is 0 Å². The van der Waals surface area contributed by atoms with E-state index in [1.54, 1.807) is 0 Å². The third-order valence-corrected chi connectivity index (χ3v) is 7.45. The maximum absolute atomic E-state index is 13.5. The molecule has 4 rings (SSSR count). The first-order valence-corrected chi connectivity index (χ1v) is 12.4. The van der Waals surface area contributed by atoms with Gasteiger partial charge in [-0.3, -0.25) is 9.69 Å². The van der Waals surface area contributed by atoms with Crippen molar-refractivity contribution in [2.45, 2.75) is 76.7 Å². The van der Waals surface area contributed by atoms with E-state index in [9.17, 15) is 4.79 Å². The fraction of sp³-hybridized carbons (Fsp3) is 0.536. The summed E-state index contributed by atoms with van der Waals surface area (Å²) in [6, 6.07) is 17.0. The summed E-state index contributed by atoms with van der Waals surface area (Å²) < 4.78 is 5.98. The smallest absolute Gasteiger partial charge is 0.235 e. The Bertz CT molecular complexity index is 869. The van der Waals surface area contributed by atoms with Gasteiger partial charge >= 0.3 is 0 Å². The second kappa shape index (κ2) is 10.5. The number of benzene rings is 2. The van der Waals surface area contributed by atoms with Gasteiger partial charge in [0, 0.05) is 18.3 Å². The molecule has 2 fully saturated rings. The summed E-state index contributed by atoms with van der Waals surface area (Å²) in [5.41, 5.74) is 2.79. The van der Waals surface area contributed by atoms with Crippen LogP contribution in [-0.4, -0.2) is 36.5 Å². The topological polar surface area (TPSA) is 41.6 Å². The number of hydrogen-bond donors (Lipinski definition) is 1. The molecule has 1 heterocycles. The van der Waals surface area contributed by atoms with Crippen LogP contribution in [-0.2, 0) is 10.2 Å². The van der Waals surface area contributed by atoms with Gasteiger partial charge < -0.3 is 10.1 Å². The van der Waals surface area contributed by atoms with Gasteiger partial charge in [0.25, 0.3) is 0 Å². The molecule has 2 aliphatic rings. The second-order valence-electron chi connectivity index (χ2n) is 9.72. The molecule has 0 spiro atoms. The van der Waals surface area contributed by atoms with Crippen LogP contribution in [0.3, 0.4) is 0 Å². The number of likely N-dealkylation sites (tertiary alicyclic amines) is 1. The number of piperidine rings is 1. The average molecular weight is 435 g/mol. The van der Waals surface area contributed by atoms with Crippen LogP contribution in [0.5, 0.6) is 5.75 Å². The first-order chi connectivity index (χ1) is 15.6. The lowest BCUT2D eigenvalue weighted by Crippen LogP contribution is -2.42. The molecule has 1 amide bonds. The largest absolute Gasteiger partial charge is 0.492 e. The highest BCUT2D eigenvalue weighted by Crippen LogP contribution is 2.40. The SMILES string of the molecule is Cc1ccc(C2(C(=O)Nc3ccc(OCCN4CCCCC4C)cc3)CCCCC2)cc1. The van der Waals surface area contributed by atoms with Gasteiger partial charge in [0.15, 0.2) is 0 Å². The molecule has 1 saturated heterocycles. The van der Waals surface area contributed by atoms with Crippen LogP contribution in [0.2, 0.25) is 0 Å². The third-order valence-electron chi connectivity index (χ3n) is 7.45. The Morgan fingerprint density at radius 2 is 1.72 bits per heavy atom. The van der Waals surface area contributed by atoms with Crippen molar-refractivity contribution in [1.82, 2.24) is 4.90 Å².